The third-order valence-electron chi connectivity index (χ3n) is 6.48. The minimum atomic E-state index is -0.303. The second kappa shape index (κ2) is 8.14. The Balaban J connectivity index is 1.34. The van der Waals surface area contributed by atoms with Gasteiger partial charge in [0.1, 0.15) is 11.5 Å². The summed E-state index contributed by atoms with van der Waals surface area (Å²) in [4.78, 5) is 14.8. The molecule has 2 fully saturated rings. The summed E-state index contributed by atoms with van der Waals surface area (Å²) in [5.74, 6) is 0.425. The van der Waals surface area contributed by atoms with Crippen LogP contribution in [-0.4, -0.2) is 62.3 Å². The molecular weight excluding hydrogens is 399 g/mol. The molecule has 3 heterocycles. The van der Waals surface area contributed by atoms with E-state index < -0.39 is 0 Å². The molecule has 1 aliphatic heterocycles. The number of methoxy groups -OCH3 is 1. The van der Waals surface area contributed by atoms with E-state index in [1.807, 2.05) is 21.8 Å². The van der Waals surface area contributed by atoms with Gasteiger partial charge in [-0.05, 0) is 42.9 Å². The lowest BCUT2D eigenvalue weighted by Gasteiger charge is -2.36. The molecule has 0 N–H and O–H groups in total. The number of rotatable bonds is 4. The minimum absolute atomic E-state index is 0.0102. The van der Waals surface area contributed by atoms with Gasteiger partial charge in [0, 0.05) is 25.8 Å². The maximum absolute atomic E-state index is 13.6. The second-order valence-electron chi connectivity index (χ2n) is 8.27. The van der Waals surface area contributed by atoms with Gasteiger partial charge >= 0.3 is 0 Å². The molecule has 0 spiro atoms. The average molecular weight is 422 g/mol. The summed E-state index contributed by atoms with van der Waals surface area (Å²) in [6.45, 7) is 1.41. The molecule has 0 unspecified atom stereocenters. The molecule has 1 aliphatic carbocycles. The Hall–Kier alpha value is -3.20. The monoisotopic (exact) mass is 422 g/mol. The fraction of sp³-hybridized carbons (Fsp3) is 0.409. The summed E-state index contributed by atoms with van der Waals surface area (Å²) >= 11 is 0. The molecule has 1 amide bonds. The summed E-state index contributed by atoms with van der Waals surface area (Å²) in [6, 6.07) is 8.05. The van der Waals surface area contributed by atoms with Crippen molar-refractivity contribution in [3.05, 3.63) is 60.3 Å². The largest absolute Gasteiger partial charge is 0.379 e. The molecule has 4 atom stereocenters. The van der Waals surface area contributed by atoms with Gasteiger partial charge in [-0.25, -0.2) is 9.07 Å². The zero-order valence-electron chi connectivity index (χ0n) is 17.1. The minimum Gasteiger partial charge on any atom is -0.379 e. The van der Waals surface area contributed by atoms with Crippen LogP contribution in [0.1, 0.15) is 29.2 Å². The van der Waals surface area contributed by atoms with Gasteiger partial charge in [-0.1, -0.05) is 17.3 Å². The molecule has 5 rings (SSSR count). The molecule has 1 aromatic carbocycles. The molecule has 2 aromatic heterocycles. The molecule has 1 saturated carbocycles. The van der Waals surface area contributed by atoms with Crippen LogP contribution in [0.15, 0.2) is 48.9 Å². The lowest BCUT2D eigenvalue weighted by Crippen LogP contribution is -2.37. The van der Waals surface area contributed by atoms with Crippen LogP contribution in [0.3, 0.4) is 0 Å². The third kappa shape index (κ3) is 3.81. The average Bonchev–Trinajstić information content (AvgIpc) is 3.45. The number of carbonyl (C=O) groups is 1. The molecule has 160 valence electrons. The smallest absolute Gasteiger partial charge is 0.255 e. The Morgan fingerprint density at radius 3 is 2.74 bits per heavy atom. The predicted molar refractivity (Wildman–Crippen MR) is 109 cm³/mol. The van der Waals surface area contributed by atoms with Crippen LogP contribution < -0.4 is 0 Å². The van der Waals surface area contributed by atoms with Crippen LogP contribution >= 0.6 is 0 Å². The molecule has 3 aromatic rings. The summed E-state index contributed by atoms with van der Waals surface area (Å²) < 4.78 is 21.2. The number of nitrogens with zero attached hydrogens (tertiary/aromatic N) is 6. The van der Waals surface area contributed by atoms with Gasteiger partial charge in [0.25, 0.3) is 5.91 Å². The van der Waals surface area contributed by atoms with Crippen molar-refractivity contribution in [1.82, 2.24) is 30.1 Å². The molecule has 8 nitrogen and oxygen atoms in total. The molecular formula is C22H23FN6O2. The number of benzene rings is 1. The maximum Gasteiger partial charge on any atom is 0.255 e. The van der Waals surface area contributed by atoms with Crippen LogP contribution in [0, 0.1) is 17.7 Å². The first kappa shape index (κ1) is 19.7. The summed E-state index contributed by atoms with van der Waals surface area (Å²) in [7, 11) is 1.71. The Morgan fingerprint density at radius 2 is 2.00 bits per heavy atom. The van der Waals surface area contributed by atoms with Gasteiger partial charge in [0.2, 0.25) is 0 Å². The van der Waals surface area contributed by atoms with E-state index in [2.05, 4.69) is 20.5 Å². The number of ether oxygens (including phenoxy) is 1. The van der Waals surface area contributed by atoms with E-state index in [0.717, 1.165) is 12.8 Å². The van der Waals surface area contributed by atoms with Crippen LogP contribution in [0.4, 0.5) is 4.39 Å². The topological polar surface area (TPSA) is 86.0 Å². The van der Waals surface area contributed by atoms with Gasteiger partial charge < -0.3 is 9.64 Å². The van der Waals surface area contributed by atoms with E-state index in [0.29, 0.717) is 41.7 Å². The van der Waals surface area contributed by atoms with Gasteiger partial charge in [-0.2, -0.15) is 10.2 Å². The number of aromatic nitrogens is 5. The normalized spacial score (nSPS) is 25.4. The van der Waals surface area contributed by atoms with Gasteiger partial charge in [-0.3, -0.25) is 4.79 Å². The van der Waals surface area contributed by atoms with Crippen LogP contribution in [0.5, 0.6) is 0 Å². The highest BCUT2D eigenvalue weighted by molar-refractivity contribution is 5.94. The Labute approximate surface area is 179 Å². The summed E-state index contributed by atoms with van der Waals surface area (Å²) in [5, 5.41) is 16.1. The SMILES string of the molecule is CO[C@@H]1C[C@H]2CN(C(=O)c3ccnnc3)C[C@H]2C[C@H]1n1cc(-c2cccc(F)c2)nn1. The van der Waals surface area contributed by atoms with E-state index in [4.69, 9.17) is 4.74 Å². The van der Waals surface area contributed by atoms with Crippen molar-refractivity contribution in [1.29, 1.82) is 0 Å². The van der Waals surface area contributed by atoms with Crippen molar-refractivity contribution < 1.29 is 13.9 Å². The van der Waals surface area contributed by atoms with Crippen LogP contribution in [0.25, 0.3) is 11.3 Å². The molecule has 9 heteroatoms. The van der Waals surface area contributed by atoms with Crippen molar-refractivity contribution in [2.75, 3.05) is 20.2 Å². The lowest BCUT2D eigenvalue weighted by molar-refractivity contribution is -0.00545. The number of halogens is 1. The van der Waals surface area contributed by atoms with Crippen molar-refractivity contribution in [2.24, 2.45) is 11.8 Å². The Bertz CT molecular complexity index is 1070. The van der Waals surface area contributed by atoms with Crippen molar-refractivity contribution in [3.8, 4) is 11.3 Å². The Kier molecular flexibility index (Phi) is 5.19. The third-order valence-corrected chi connectivity index (χ3v) is 6.48. The van der Waals surface area contributed by atoms with Crippen molar-refractivity contribution >= 4 is 5.91 Å². The number of carbonyl (C=O) groups excluding carboxylic acids is 1. The fourth-order valence-electron chi connectivity index (χ4n) is 4.91. The number of hydrogen-bond donors (Lipinski definition) is 0. The van der Waals surface area contributed by atoms with Crippen molar-refractivity contribution in [3.63, 3.8) is 0 Å². The van der Waals surface area contributed by atoms with Gasteiger partial charge in [0.15, 0.2) is 0 Å². The first-order valence-corrected chi connectivity index (χ1v) is 10.4. The Morgan fingerprint density at radius 1 is 1.16 bits per heavy atom. The molecule has 2 aliphatic rings. The summed E-state index contributed by atoms with van der Waals surface area (Å²) in [6.07, 6.45) is 6.56. The van der Waals surface area contributed by atoms with Gasteiger partial charge in [-0.15, -0.1) is 5.10 Å². The standard InChI is InChI=1S/C22H23FN6O2/c1-31-21-9-17-12-28(22(30)15-5-6-24-25-10-15)11-16(17)8-20(21)29-13-19(26-27-29)14-3-2-4-18(23)7-14/h2-7,10,13,16-17,20-21H,8-9,11-12H2,1H3/t16-,17+,20-,21-/m1/s1. The first-order chi connectivity index (χ1) is 15.1. The fourth-order valence-corrected chi connectivity index (χ4v) is 4.91. The van der Waals surface area contributed by atoms with E-state index in [1.165, 1.54) is 24.5 Å². The first-order valence-electron chi connectivity index (χ1n) is 10.4. The lowest BCUT2D eigenvalue weighted by atomic mass is 9.77. The number of likely N-dealkylation sites (tertiary alicyclic amines) is 1. The predicted octanol–water partition coefficient (Wildman–Crippen LogP) is 2.61. The highest BCUT2D eigenvalue weighted by Crippen LogP contribution is 2.42. The van der Waals surface area contributed by atoms with Crippen LogP contribution in [0.2, 0.25) is 0 Å². The maximum atomic E-state index is 13.6. The highest BCUT2D eigenvalue weighted by Gasteiger charge is 2.44. The number of amides is 1. The molecule has 31 heavy (non-hydrogen) atoms. The molecule has 0 bridgehead atoms. The van der Waals surface area contributed by atoms with Crippen LogP contribution in [-0.2, 0) is 4.74 Å². The zero-order valence-corrected chi connectivity index (χ0v) is 17.1. The molecule has 1 saturated heterocycles. The van der Waals surface area contributed by atoms with E-state index in [1.54, 1.807) is 19.2 Å². The van der Waals surface area contributed by atoms with E-state index >= 15 is 0 Å². The molecule has 0 radical (unpaired) electrons. The summed E-state index contributed by atoms with van der Waals surface area (Å²) in [5.41, 5.74) is 1.88. The van der Waals surface area contributed by atoms with E-state index in [9.17, 15) is 9.18 Å². The second-order valence-corrected chi connectivity index (χ2v) is 8.27. The quantitative estimate of drug-likeness (QED) is 0.643. The number of fused-ring (bicyclic) bond motifs is 1. The highest BCUT2D eigenvalue weighted by atomic mass is 19.1. The van der Waals surface area contributed by atoms with Gasteiger partial charge in [0.05, 0.1) is 36.3 Å². The number of hydrogen-bond acceptors (Lipinski definition) is 6. The zero-order chi connectivity index (χ0) is 21.4. The van der Waals surface area contributed by atoms with Crippen molar-refractivity contribution in [2.45, 2.75) is 25.0 Å². The van der Waals surface area contributed by atoms with E-state index in [-0.39, 0.29) is 23.9 Å².